The second kappa shape index (κ2) is 14.2. The van der Waals surface area contributed by atoms with Crippen LogP contribution in [-0.2, 0) is 16.0 Å². The van der Waals surface area contributed by atoms with E-state index >= 15 is 0 Å². The number of amides is 1. The molecule has 5 atom stereocenters. The van der Waals surface area contributed by atoms with Gasteiger partial charge in [0.25, 0.3) is 0 Å². The number of carbonyl (C=O) groups excluding carboxylic acids is 1. The van der Waals surface area contributed by atoms with Gasteiger partial charge in [0.2, 0.25) is 5.91 Å². The summed E-state index contributed by atoms with van der Waals surface area (Å²) in [5.41, 5.74) is 1.21. The number of benzene rings is 1. The number of aliphatic hydroxyl groups is 2. The molecule has 1 aliphatic carbocycles. The lowest BCUT2D eigenvalue weighted by molar-refractivity contribution is -0.121. The zero-order valence-corrected chi connectivity index (χ0v) is 19.0. The molecule has 0 unspecified atom stereocenters. The van der Waals surface area contributed by atoms with Crippen molar-refractivity contribution in [3.8, 4) is 0 Å². The van der Waals surface area contributed by atoms with E-state index in [0.29, 0.717) is 25.8 Å². The average Bonchev–Trinajstić information content (AvgIpc) is 3.08. The van der Waals surface area contributed by atoms with Crippen LogP contribution in [0.5, 0.6) is 0 Å². The molecule has 0 aliphatic heterocycles. The van der Waals surface area contributed by atoms with Gasteiger partial charge in [-0.05, 0) is 50.5 Å². The van der Waals surface area contributed by atoms with E-state index < -0.39 is 12.2 Å². The minimum absolute atomic E-state index is 0.00564. The summed E-state index contributed by atoms with van der Waals surface area (Å²) in [4.78, 5) is 11.5. The lowest BCUT2D eigenvalue weighted by Crippen LogP contribution is -2.22. The van der Waals surface area contributed by atoms with Gasteiger partial charge in [0, 0.05) is 32.4 Å². The summed E-state index contributed by atoms with van der Waals surface area (Å²) in [6.45, 7) is 2.60. The van der Waals surface area contributed by atoms with Gasteiger partial charge in [-0.25, -0.2) is 0 Å². The van der Waals surface area contributed by atoms with E-state index in [1.165, 1.54) is 5.56 Å². The Hall–Kier alpha value is -1.95. The normalized spacial score (nSPS) is 24.8. The molecule has 0 heterocycles. The van der Waals surface area contributed by atoms with Crippen molar-refractivity contribution in [1.82, 2.24) is 5.32 Å². The number of aryl methyl sites for hydroxylation is 1. The van der Waals surface area contributed by atoms with Crippen LogP contribution < -0.4 is 5.32 Å². The van der Waals surface area contributed by atoms with Gasteiger partial charge in [0.1, 0.15) is 0 Å². The Balaban J connectivity index is 1.83. The van der Waals surface area contributed by atoms with Gasteiger partial charge in [-0.3, -0.25) is 4.79 Å². The van der Waals surface area contributed by atoms with Crippen LogP contribution in [0.4, 0.5) is 0 Å². The van der Waals surface area contributed by atoms with Crippen molar-refractivity contribution in [3.63, 3.8) is 0 Å². The highest BCUT2D eigenvalue weighted by atomic mass is 16.5. The van der Waals surface area contributed by atoms with E-state index in [4.69, 9.17) is 4.74 Å². The zero-order valence-electron chi connectivity index (χ0n) is 19.0. The third kappa shape index (κ3) is 8.98. The van der Waals surface area contributed by atoms with Gasteiger partial charge in [-0.15, -0.1) is 0 Å². The number of hydrogen-bond donors (Lipinski definition) is 3. The first kappa shape index (κ1) is 25.3. The molecule has 1 aromatic carbocycles. The zero-order chi connectivity index (χ0) is 22.5. The lowest BCUT2D eigenvalue weighted by atomic mass is 9.89. The molecule has 2 rings (SSSR count). The first-order chi connectivity index (χ1) is 15.0. The molecule has 1 amide bonds. The molecule has 1 saturated carbocycles. The highest BCUT2D eigenvalue weighted by molar-refractivity contribution is 5.75. The van der Waals surface area contributed by atoms with Crippen LogP contribution in [0.1, 0.15) is 51.0 Å². The molecule has 0 spiro atoms. The number of nitrogens with one attached hydrogen (secondary N) is 1. The number of hydrogen-bond acceptors (Lipinski definition) is 4. The van der Waals surface area contributed by atoms with Gasteiger partial charge in [0.15, 0.2) is 0 Å². The van der Waals surface area contributed by atoms with Crippen molar-refractivity contribution in [2.45, 2.75) is 70.2 Å². The predicted molar refractivity (Wildman–Crippen MR) is 125 cm³/mol. The second-order valence-corrected chi connectivity index (χ2v) is 8.35. The summed E-state index contributed by atoms with van der Waals surface area (Å²) in [6.07, 6.45) is 12.2. The summed E-state index contributed by atoms with van der Waals surface area (Å²) in [6, 6.07) is 10.1. The summed E-state index contributed by atoms with van der Waals surface area (Å²) in [5.74, 6) is 0.249. The Morgan fingerprint density at radius 2 is 2.06 bits per heavy atom. The van der Waals surface area contributed by atoms with Crippen LogP contribution in [0.3, 0.4) is 0 Å². The Morgan fingerprint density at radius 3 is 2.77 bits per heavy atom. The number of unbranched alkanes of at least 4 members (excludes halogenated alkanes) is 1. The smallest absolute Gasteiger partial charge is 0.219 e. The highest BCUT2D eigenvalue weighted by Gasteiger charge is 2.40. The van der Waals surface area contributed by atoms with Crippen LogP contribution in [-0.4, -0.2) is 48.1 Å². The number of allylic oxidation sites excluding steroid dienone is 2. The molecule has 0 radical (unpaired) electrons. The maximum Gasteiger partial charge on any atom is 0.219 e. The molecular formula is C26H39NO4. The van der Waals surface area contributed by atoms with E-state index in [-0.39, 0.29) is 23.8 Å². The SMILES string of the molecule is CCNC(=O)CCC/C=C\C[C@@H]1[C@@H](/C=C/[C@@H](O)CCc2ccccc2)[C@H](O)C[C@@H]1OC. The average molecular weight is 430 g/mol. The molecule has 1 aromatic rings. The summed E-state index contributed by atoms with van der Waals surface area (Å²) in [5, 5.41) is 23.7. The maximum absolute atomic E-state index is 11.5. The number of carbonyl (C=O) groups is 1. The Kier molecular flexibility index (Phi) is 11.6. The molecule has 172 valence electrons. The van der Waals surface area contributed by atoms with Gasteiger partial charge in [-0.2, -0.15) is 0 Å². The standard InChI is InChI=1S/C26H39NO4/c1-3-27-26(30)14-10-5-4-9-13-23-22(24(29)19-25(23)31-2)18-17-21(28)16-15-20-11-7-6-8-12-20/h4,6-9,11-12,17-18,21-25,28-29H,3,5,10,13-16,19H2,1-2H3,(H,27,30)/b9-4-,18-17+/t21-,22+,23+,24+,25-/m0/s1. The maximum atomic E-state index is 11.5. The molecule has 0 bridgehead atoms. The number of rotatable bonds is 13. The van der Waals surface area contributed by atoms with Crippen LogP contribution in [0.25, 0.3) is 0 Å². The van der Waals surface area contributed by atoms with Gasteiger partial charge in [0.05, 0.1) is 18.3 Å². The fourth-order valence-corrected chi connectivity index (χ4v) is 4.30. The van der Waals surface area contributed by atoms with E-state index in [1.807, 2.05) is 37.3 Å². The van der Waals surface area contributed by atoms with Crippen molar-refractivity contribution < 1.29 is 19.7 Å². The molecule has 3 N–H and O–H groups in total. The third-order valence-corrected chi connectivity index (χ3v) is 6.04. The Morgan fingerprint density at radius 1 is 1.29 bits per heavy atom. The first-order valence-electron chi connectivity index (χ1n) is 11.6. The topological polar surface area (TPSA) is 78.8 Å². The number of methoxy groups -OCH3 is 1. The first-order valence-corrected chi connectivity index (χ1v) is 11.6. The number of aliphatic hydroxyl groups excluding tert-OH is 2. The summed E-state index contributed by atoms with van der Waals surface area (Å²) < 4.78 is 5.63. The quantitative estimate of drug-likeness (QED) is 0.329. The Labute approximate surface area is 187 Å². The number of ether oxygens (including phenoxy) is 1. The molecular weight excluding hydrogens is 390 g/mol. The van der Waals surface area contributed by atoms with E-state index in [1.54, 1.807) is 7.11 Å². The highest BCUT2D eigenvalue weighted by Crippen LogP contribution is 2.38. The van der Waals surface area contributed by atoms with Crippen molar-refractivity contribution in [3.05, 3.63) is 60.2 Å². The fraction of sp³-hybridized carbons (Fsp3) is 0.577. The second-order valence-electron chi connectivity index (χ2n) is 8.35. The molecule has 0 saturated heterocycles. The van der Waals surface area contributed by atoms with Gasteiger partial charge >= 0.3 is 0 Å². The monoisotopic (exact) mass is 429 g/mol. The van der Waals surface area contributed by atoms with E-state index in [9.17, 15) is 15.0 Å². The molecule has 1 aliphatic rings. The van der Waals surface area contributed by atoms with Crippen LogP contribution in [0.15, 0.2) is 54.6 Å². The van der Waals surface area contributed by atoms with Crippen LogP contribution in [0, 0.1) is 11.8 Å². The van der Waals surface area contributed by atoms with Crippen molar-refractivity contribution in [2.75, 3.05) is 13.7 Å². The van der Waals surface area contributed by atoms with Crippen LogP contribution >= 0.6 is 0 Å². The van der Waals surface area contributed by atoms with Crippen molar-refractivity contribution in [2.24, 2.45) is 11.8 Å². The fourth-order valence-electron chi connectivity index (χ4n) is 4.30. The molecule has 5 nitrogen and oxygen atoms in total. The predicted octanol–water partition coefficient (Wildman–Crippen LogP) is 3.80. The lowest BCUT2D eigenvalue weighted by Gasteiger charge is -2.21. The molecule has 31 heavy (non-hydrogen) atoms. The van der Waals surface area contributed by atoms with Crippen molar-refractivity contribution in [1.29, 1.82) is 0 Å². The van der Waals surface area contributed by atoms with Gasteiger partial charge < -0.3 is 20.3 Å². The van der Waals surface area contributed by atoms with E-state index in [2.05, 4.69) is 29.6 Å². The largest absolute Gasteiger partial charge is 0.392 e. The minimum Gasteiger partial charge on any atom is -0.392 e. The van der Waals surface area contributed by atoms with Crippen molar-refractivity contribution >= 4 is 5.91 Å². The molecule has 0 aromatic heterocycles. The summed E-state index contributed by atoms with van der Waals surface area (Å²) in [7, 11) is 1.70. The molecule has 5 heteroatoms. The third-order valence-electron chi connectivity index (χ3n) is 6.04. The Bertz CT molecular complexity index is 688. The minimum atomic E-state index is -0.528. The summed E-state index contributed by atoms with van der Waals surface area (Å²) >= 11 is 0. The van der Waals surface area contributed by atoms with Crippen LogP contribution in [0.2, 0.25) is 0 Å². The van der Waals surface area contributed by atoms with Gasteiger partial charge in [-0.1, -0.05) is 54.6 Å². The molecule has 1 fully saturated rings. The van der Waals surface area contributed by atoms with E-state index in [0.717, 1.165) is 25.7 Å².